The van der Waals surface area contributed by atoms with Crippen LogP contribution in [0.3, 0.4) is 0 Å². The van der Waals surface area contributed by atoms with Gasteiger partial charge in [0, 0.05) is 28.4 Å². The maximum absolute atomic E-state index is 12.6. The maximum Gasteiger partial charge on any atom is 0.244 e. The van der Waals surface area contributed by atoms with Gasteiger partial charge in [-0.25, -0.2) is 8.42 Å². The minimum Gasteiger partial charge on any atom is -0.207 e. The average molecular weight is 364 g/mol. The number of nitrogens with zero attached hydrogens (tertiary/aromatic N) is 1. The summed E-state index contributed by atoms with van der Waals surface area (Å²) in [5, 5.41) is 2.25. The normalized spacial score (nSPS) is 13.6. The number of hydrogen-bond donors (Lipinski definition) is 0. The van der Waals surface area contributed by atoms with E-state index < -0.39 is 10.0 Å². The van der Waals surface area contributed by atoms with Crippen molar-refractivity contribution < 1.29 is 8.42 Å². The topological polar surface area (TPSA) is 37.4 Å². The lowest BCUT2D eigenvalue weighted by atomic mass is 10.1. The Morgan fingerprint density at radius 3 is 2.43 bits per heavy atom. The SMILES string of the molecule is CC(c1ccc(Cl)cc1)N(C)S(=O)(=O)c1csc(CCl)c1. The molecular formula is C14H15Cl2NO2S2. The largest absolute Gasteiger partial charge is 0.244 e. The summed E-state index contributed by atoms with van der Waals surface area (Å²) in [4.78, 5) is 1.12. The van der Waals surface area contributed by atoms with Gasteiger partial charge in [0.25, 0.3) is 0 Å². The lowest BCUT2D eigenvalue weighted by Gasteiger charge is -2.24. The third-order valence-corrected chi connectivity index (χ3v) is 7.03. The monoisotopic (exact) mass is 363 g/mol. The molecule has 1 unspecified atom stereocenters. The Morgan fingerprint density at radius 1 is 1.29 bits per heavy atom. The number of halogens is 2. The highest BCUT2D eigenvalue weighted by atomic mass is 35.5. The van der Waals surface area contributed by atoms with Crippen LogP contribution in [0.1, 0.15) is 23.4 Å². The van der Waals surface area contributed by atoms with Gasteiger partial charge in [0.2, 0.25) is 10.0 Å². The highest BCUT2D eigenvalue weighted by Gasteiger charge is 2.27. The first-order chi connectivity index (χ1) is 9.86. The predicted molar refractivity (Wildman–Crippen MR) is 88.7 cm³/mol. The minimum atomic E-state index is -3.53. The molecule has 0 radical (unpaired) electrons. The molecule has 0 saturated heterocycles. The summed E-state index contributed by atoms with van der Waals surface area (Å²) < 4.78 is 26.6. The minimum absolute atomic E-state index is 0.284. The fourth-order valence-corrected chi connectivity index (χ4v) is 4.74. The summed E-state index contributed by atoms with van der Waals surface area (Å²) in [6, 6.07) is 8.51. The van der Waals surface area contributed by atoms with Gasteiger partial charge >= 0.3 is 0 Å². The number of alkyl halides is 1. The zero-order chi connectivity index (χ0) is 15.6. The van der Waals surface area contributed by atoms with Crippen molar-refractivity contribution in [2.45, 2.75) is 23.7 Å². The number of benzene rings is 1. The molecule has 2 rings (SSSR count). The Bertz CT molecular complexity index is 711. The summed E-state index contributed by atoms with van der Waals surface area (Å²) in [6.07, 6.45) is 0. The molecule has 1 aromatic carbocycles. The second kappa shape index (κ2) is 6.67. The molecule has 1 atom stereocenters. The van der Waals surface area contributed by atoms with Crippen LogP contribution in [0, 0.1) is 0 Å². The second-order valence-electron chi connectivity index (χ2n) is 4.63. The average Bonchev–Trinajstić information content (AvgIpc) is 2.96. The highest BCUT2D eigenvalue weighted by Crippen LogP contribution is 2.29. The van der Waals surface area contributed by atoms with Crippen LogP contribution < -0.4 is 0 Å². The molecule has 7 heteroatoms. The van der Waals surface area contributed by atoms with E-state index in [4.69, 9.17) is 23.2 Å². The molecule has 0 saturated carbocycles. The van der Waals surface area contributed by atoms with Crippen molar-refractivity contribution in [3.63, 3.8) is 0 Å². The van der Waals surface area contributed by atoms with E-state index in [0.717, 1.165) is 10.4 Å². The number of rotatable bonds is 5. The summed E-state index contributed by atoms with van der Waals surface area (Å²) in [5.74, 6) is 0.316. The van der Waals surface area contributed by atoms with Gasteiger partial charge in [-0.2, -0.15) is 4.31 Å². The Balaban J connectivity index is 2.28. The third-order valence-electron chi connectivity index (χ3n) is 3.34. The molecule has 21 heavy (non-hydrogen) atoms. The standard InChI is InChI=1S/C14H15Cl2NO2S2/c1-10(11-3-5-12(16)6-4-11)17(2)21(18,19)14-7-13(8-15)20-9-14/h3-7,9-10H,8H2,1-2H3. The highest BCUT2D eigenvalue weighted by molar-refractivity contribution is 7.89. The van der Waals surface area contributed by atoms with E-state index in [1.807, 2.05) is 19.1 Å². The zero-order valence-electron chi connectivity index (χ0n) is 11.6. The lowest BCUT2D eigenvalue weighted by Crippen LogP contribution is -2.29. The Labute approximate surface area is 139 Å². The third kappa shape index (κ3) is 3.60. The van der Waals surface area contributed by atoms with Gasteiger partial charge in [-0.1, -0.05) is 23.7 Å². The van der Waals surface area contributed by atoms with Crippen LogP contribution in [0.2, 0.25) is 5.02 Å². The van der Waals surface area contributed by atoms with Crippen LogP contribution in [0.15, 0.2) is 40.6 Å². The molecule has 1 aromatic heterocycles. The number of sulfonamides is 1. The predicted octanol–water partition coefficient (Wildman–Crippen LogP) is 4.52. The van der Waals surface area contributed by atoms with E-state index in [9.17, 15) is 8.42 Å². The first-order valence-electron chi connectivity index (χ1n) is 6.23. The molecule has 114 valence electrons. The van der Waals surface area contributed by atoms with E-state index in [0.29, 0.717) is 10.9 Å². The van der Waals surface area contributed by atoms with Crippen LogP contribution in [0.5, 0.6) is 0 Å². The fourth-order valence-electron chi connectivity index (χ4n) is 1.89. The molecule has 2 aromatic rings. The molecule has 0 aliphatic carbocycles. The van der Waals surface area contributed by atoms with Gasteiger partial charge in [0.1, 0.15) is 0 Å². The molecule has 0 aliphatic heterocycles. The van der Waals surface area contributed by atoms with Gasteiger partial charge in [-0.05, 0) is 30.7 Å². The number of hydrogen-bond acceptors (Lipinski definition) is 3. The molecule has 0 spiro atoms. The summed E-state index contributed by atoms with van der Waals surface area (Å²) in [5.41, 5.74) is 0.887. The van der Waals surface area contributed by atoms with E-state index in [1.165, 1.54) is 15.6 Å². The fraction of sp³-hybridized carbons (Fsp3) is 0.286. The zero-order valence-corrected chi connectivity index (χ0v) is 14.7. The molecular weight excluding hydrogens is 349 g/mol. The Kier molecular flexibility index (Phi) is 5.33. The van der Waals surface area contributed by atoms with Crippen LogP contribution in [0.25, 0.3) is 0 Å². The van der Waals surface area contributed by atoms with Crippen LogP contribution >= 0.6 is 34.5 Å². The maximum atomic E-state index is 12.6. The van der Waals surface area contributed by atoms with Crippen LogP contribution in [-0.4, -0.2) is 19.8 Å². The molecule has 0 N–H and O–H groups in total. The van der Waals surface area contributed by atoms with Crippen molar-refractivity contribution in [3.05, 3.63) is 51.2 Å². The van der Waals surface area contributed by atoms with Gasteiger partial charge in [-0.15, -0.1) is 22.9 Å². The van der Waals surface area contributed by atoms with E-state index in [-0.39, 0.29) is 10.9 Å². The second-order valence-corrected chi connectivity index (χ2v) is 8.33. The van der Waals surface area contributed by atoms with Gasteiger partial charge in [0.05, 0.1) is 10.8 Å². The van der Waals surface area contributed by atoms with Crippen LogP contribution in [0.4, 0.5) is 0 Å². The van der Waals surface area contributed by atoms with Gasteiger partial charge < -0.3 is 0 Å². The molecule has 0 fully saturated rings. The van der Waals surface area contributed by atoms with Crippen molar-refractivity contribution in [2.24, 2.45) is 0 Å². The van der Waals surface area contributed by atoms with E-state index in [1.54, 1.807) is 30.6 Å². The van der Waals surface area contributed by atoms with E-state index >= 15 is 0 Å². The lowest BCUT2D eigenvalue weighted by molar-refractivity contribution is 0.398. The quantitative estimate of drug-likeness (QED) is 0.732. The van der Waals surface area contributed by atoms with Crippen molar-refractivity contribution in [1.82, 2.24) is 4.31 Å². The molecule has 0 bridgehead atoms. The molecule has 0 amide bonds. The Morgan fingerprint density at radius 2 is 1.90 bits per heavy atom. The summed E-state index contributed by atoms with van der Waals surface area (Å²) >= 11 is 12.9. The molecule has 0 aliphatic rings. The van der Waals surface area contributed by atoms with Crippen molar-refractivity contribution in [3.8, 4) is 0 Å². The smallest absolute Gasteiger partial charge is 0.207 e. The van der Waals surface area contributed by atoms with Crippen molar-refractivity contribution >= 4 is 44.6 Å². The van der Waals surface area contributed by atoms with Gasteiger partial charge in [-0.3, -0.25) is 0 Å². The number of thiophene rings is 1. The summed E-state index contributed by atoms with van der Waals surface area (Å²) in [7, 11) is -1.96. The van der Waals surface area contributed by atoms with Crippen molar-refractivity contribution in [1.29, 1.82) is 0 Å². The van der Waals surface area contributed by atoms with Crippen molar-refractivity contribution in [2.75, 3.05) is 7.05 Å². The molecule has 3 nitrogen and oxygen atoms in total. The Hall–Kier alpha value is -0.590. The summed E-state index contributed by atoms with van der Waals surface area (Å²) in [6.45, 7) is 1.84. The van der Waals surface area contributed by atoms with Gasteiger partial charge in [0.15, 0.2) is 0 Å². The first-order valence-corrected chi connectivity index (χ1v) is 9.46. The first kappa shape index (κ1) is 16.8. The molecule has 1 heterocycles. The van der Waals surface area contributed by atoms with E-state index in [2.05, 4.69) is 0 Å². The van der Waals surface area contributed by atoms with Crippen LogP contribution in [-0.2, 0) is 15.9 Å².